The highest BCUT2D eigenvalue weighted by molar-refractivity contribution is 7.99. The fourth-order valence-electron chi connectivity index (χ4n) is 3.33. The van der Waals surface area contributed by atoms with Crippen molar-refractivity contribution in [2.45, 2.75) is 37.8 Å². The molecule has 0 aliphatic carbocycles. The predicted octanol–water partition coefficient (Wildman–Crippen LogP) is 2.44. The second-order valence-corrected chi connectivity index (χ2v) is 7.52. The first-order valence-electron chi connectivity index (χ1n) is 8.08. The highest BCUT2D eigenvalue weighted by Crippen LogP contribution is 2.38. The van der Waals surface area contributed by atoms with E-state index < -0.39 is 0 Å². The van der Waals surface area contributed by atoms with Crippen molar-refractivity contribution in [3.05, 3.63) is 29.8 Å². The van der Waals surface area contributed by atoms with Gasteiger partial charge in [0.2, 0.25) is 5.95 Å². The summed E-state index contributed by atoms with van der Waals surface area (Å²) in [5, 5.41) is 15.7. The monoisotopic (exact) mass is 331 g/mol. The first-order chi connectivity index (χ1) is 11.2. The Kier molecular flexibility index (Phi) is 3.98. The molecule has 1 spiro atoms. The van der Waals surface area contributed by atoms with E-state index in [4.69, 9.17) is 4.74 Å². The van der Waals surface area contributed by atoms with Crippen molar-refractivity contribution < 1.29 is 4.74 Å². The number of hydrogen-bond donors (Lipinski definition) is 1. The number of aryl methyl sites for hydroxylation is 1. The molecule has 0 radical (unpaired) electrons. The zero-order valence-electron chi connectivity index (χ0n) is 13.2. The van der Waals surface area contributed by atoms with Gasteiger partial charge in [-0.3, -0.25) is 0 Å². The molecular weight excluding hydrogens is 310 g/mol. The fraction of sp³-hybridized carbons (Fsp3) is 0.562. The van der Waals surface area contributed by atoms with Gasteiger partial charge in [-0.25, -0.2) is 0 Å². The van der Waals surface area contributed by atoms with Crippen molar-refractivity contribution in [2.24, 2.45) is 0 Å². The van der Waals surface area contributed by atoms with Crippen LogP contribution in [0.4, 0.5) is 5.95 Å². The van der Waals surface area contributed by atoms with Crippen LogP contribution in [0.5, 0.6) is 0 Å². The lowest BCUT2D eigenvalue weighted by Crippen LogP contribution is -2.44. The molecule has 2 aliphatic heterocycles. The zero-order valence-corrected chi connectivity index (χ0v) is 14.1. The van der Waals surface area contributed by atoms with E-state index in [9.17, 15) is 0 Å². The first kappa shape index (κ1) is 15.0. The highest BCUT2D eigenvalue weighted by Gasteiger charge is 2.40. The van der Waals surface area contributed by atoms with Crippen LogP contribution in [0.2, 0.25) is 0 Å². The maximum absolute atomic E-state index is 6.08. The Morgan fingerprint density at radius 1 is 1.35 bits per heavy atom. The Hall–Kier alpha value is -1.60. The standard InChI is InChI=1S/C16H21N5OS/c1-12-2-4-14(5-3-12)21-15(18-19-20-21)17-13-6-8-22-16(10-13)7-9-23-11-16/h2-5,13H,6-11H2,1H3,(H,17,18,20)/t13-,16-/m0/s1. The van der Waals surface area contributed by atoms with Crippen LogP contribution in [0.25, 0.3) is 5.69 Å². The Bertz CT molecular complexity index is 665. The van der Waals surface area contributed by atoms with Gasteiger partial charge in [-0.2, -0.15) is 16.4 Å². The maximum Gasteiger partial charge on any atom is 0.247 e. The Morgan fingerprint density at radius 3 is 3.00 bits per heavy atom. The Labute approximate surface area is 140 Å². The van der Waals surface area contributed by atoms with Gasteiger partial charge < -0.3 is 10.1 Å². The van der Waals surface area contributed by atoms with Crippen LogP contribution in [-0.4, -0.2) is 50.0 Å². The molecule has 4 rings (SSSR count). The average Bonchev–Trinajstić information content (AvgIpc) is 3.18. The Morgan fingerprint density at radius 2 is 2.22 bits per heavy atom. The molecular formula is C16H21N5OS. The molecule has 1 aromatic carbocycles. The van der Waals surface area contributed by atoms with Crippen molar-refractivity contribution in [1.29, 1.82) is 0 Å². The van der Waals surface area contributed by atoms with Crippen LogP contribution in [0.3, 0.4) is 0 Å². The zero-order chi connectivity index (χ0) is 15.7. The lowest BCUT2D eigenvalue weighted by atomic mass is 9.90. The number of rotatable bonds is 3. The number of anilines is 1. The van der Waals surface area contributed by atoms with Crippen molar-refractivity contribution in [1.82, 2.24) is 20.2 Å². The second kappa shape index (κ2) is 6.13. The van der Waals surface area contributed by atoms with E-state index in [2.05, 4.69) is 39.9 Å². The lowest BCUT2D eigenvalue weighted by molar-refractivity contribution is -0.0629. The minimum absolute atomic E-state index is 0.0583. The fourth-order valence-corrected chi connectivity index (χ4v) is 4.71. The molecule has 3 heterocycles. The summed E-state index contributed by atoms with van der Waals surface area (Å²) < 4.78 is 7.85. The largest absolute Gasteiger partial charge is 0.374 e. The number of nitrogens with one attached hydrogen (secondary N) is 1. The van der Waals surface area contributed by atoms with Crippen LogP contribution in [0.1, 0.15) is 24.8 Å². The van der Waals surface area contributed by atoms with E-state index >= 15 is 0 Å². The number of hydrogen-bond acceptors (Lipinski definition) is 6. The lowest BCUT2D eigenvalue weighted by Gasteiger charge is -2.38. The summed E-state index contributed by atoms with van der Waals surface area (Å²) in [7, 11) is 0. The third-order valence-corrected chi connectivity index (χ3v) is 5.86. The highest BCUT2D eigenvalue weighted by atomic mass is 32.2. The number of ether oxygens (including phenoxy) is 1. The van der Waals surface area contributed by atoms with Gasteiger partial charge in [0.1, 0.15) is 0 Å². The quantitative estimate of drug-likeness (QED) is 0.932. The van der Waals surface area contributed by atoms with Gasteiger partial charge in [0.15, 0.2) is 0 Å². The van der Waals surface area contributed by atoms with E-state index in [0.717, 1.165) is 37.3 Å². The molecule has 7 heteroatoms. The summed E-state index contributed by atoms with van der Waals surface area (Å²) in [6.45, 7) is 2.88. The summed E-state index contributed by atoms with van der Waals surface area (Å²) in [6.07, 6.45) is 3.17. The van der Waals surface area contributed by atoms with Gasteiger partial charge in [-0.15, -0.1) is 0 Å². The van der Waals surface area contributed by atoms with Gasteiger partial charge in [-0.05, 0) is 54.5 Å². The SMILES string of the molecule is Cc1ccc(-n2nnnc2N[C@H]2CCO[C@@]3(CCSC3)C2)cc1. The first-order valence-corrected chi connectivity index (χ1v) is 9.23. The number of thioether (sulfide) groups is 1. The van der Waals surface area contributed by atoms with Crippen LogP contribution in [0, 0.1) is 6.92 Å². The van der Waals surface area contributed by atoms with Crippen molar-refractivity contribution in [3.63, 3.8) is 0 Å². The smallest absolute Gasteiger partial charge is 0.247 e. The molecule has 0 unspecified atom stereocenters. The predicted molar refractivity (Wildman–Crippen MR) is 91.2 cm³/mol. The molecule has 2 aromatic rings. The van der Waals surface area contributed by atoms with Crippen molar-refractivity contribution >= 4 is 17.7 Å². The van der Waals surface area contributed by atoms with Crippen molar-refractivity contribution in [3.8, 4) is 5.69 Å². The molecule has 0 amide bonds. The third kappa shape index (κ3) is 3.07. The van der Waals surface area contributed by atoms with Gasteiger partial charge in [0.25, 0.3) is 0 Å². The number of tetrazole rings is 1. The van der Waals surface area contributed by atoms with Gasteiger partial charge in [0, 0.05) is 18.4 Å². The summed E-state index contributed by atoms with van der Waals surface area (Å²) in [6, 6.07) is 8.57. The summed E-state index contributed by atoms with van der Waals surface area (Å²) >= 11 is 1.99. The molecule has 2 saturated heterocycles. The minimum atomic E-state index is 0.0583. The number of aromatic nitrogens is 4. The van der Waals surface area contributed by atoms with E-state index in [1.807, 2.05) is 23.9 Å². The topological polar surface area (TPSA) is 64.9 Å². The Balaban J connectivity index is 1.51. The molecule has 0 saturated carbocycles. The van der Waals surface area contributed by atoms with E-state index in [-0.39, 0.29) is 5.60 Å². The van der Waals surface area contributed by atoms with E-state index in [0.29, 0.717) is 12.0 Å². The van der Waals surface area contributed by atoms with Gasteiger partial charge in [-0.1, -0.05) is 22.8 Å². The molecule has 6 nitrogen and oxygen atoms in total. The number of nitrogens with zero attached hydrogens (tertiary/aromatic N) is 4. The second-order valence-electron chi connectivity index (χ2n) is 6.42. The summed E-state index contributed by atoms with van der Waals surface area (Å²) in [4.78, 5) is 0. The maximum atomic E-state index is 6.08. The average molecular weight is 331 g/mol. The molecule has 23 heavy (non-hydrogen) atoms. The molecule has 1 aromatic heterocycles. The summed E-state index contributed by atoms with van der Waals surface area (Å²) in [5.74, 6) is 3.02. The molecule has 0 bridgehead atoms. The van der Waals surface area contributed by atoms with Crippen LogP contribution >= 0.6 is 11.8 Å². The van der Waals surface area contributed by atoms with Crippen LogP contribution < -0.4 is 5.32 Å². The molecule has 2 fully saturated rings. The molecule has 122 valence electrons. The van der Waals surface area contributed by atoms with Gasteiger partial charge in [0.05, 0.1) is 11.3 Å². The molecule has 1 N–H and O–H groups in total. The van der Waals surface area contributed by atoms with E-state index in [1.165, 1.54) is 11.3 Å². The van der Waals surface area contributed by atoms with Crippen LogP contribution in [-0.2, 0) is 4.74 Å². The summed E-state index contributed by atoms with van der Waals surface area (Å²) in [5.41, 5.74) is 2.26. The molecule has 2 aliphatic rings. The number of benzene rings is 1. The van der Waals surface area contributed by atoms with Gasteiger partial charge >= 0.3 is 0 Å². The normalized spacial score (nSPS) is 27.4. The third-order valence-electron chi connectivity index (χ3n) is 4.64. The van der Waals surface area contributed by atoms with Crippen LogP contribution in [0.15, 0.2) is 24.3 Å². The molecule has 2 atom stereocenters. The van der Waals surface area contributed by atoms with E-state index in [1.54, 1.807) is 4.68 Å². The van der Waals surface area contributed by atoms with Crippen molar-refractivity contribution in [2.75, 3.05) is 23.4 Å². The minimum Gasteiger partial charge on any atom is -0.374 e.